The highest BCUT2D eigenvalue weighted by Gasteiger charge is 2.41. The summed E-state index contributed by atoms with van der Waals surface area (Å²) in [5.41, 5.74) is 0. The monoisotopic (exact) mass is 238 g/mol. The summed E-state index contributed by atoms with van der Waals surface area (Å²) in [5, 5.41) is 3.18. The van der Waals surface area contributed by atoms with Crippen molar-refractivity contribution < 1.29 is 9.53 Å². The molecule has 0 aromatic carbocycles. The van der Waals surface area contributed by atoms with E-state index in [9.17, 15) is 4.79 Å². The maximum absolute atomic E-state index is 12.1. The molecule has 1 N–H and O–H groups in total. The Morgan fingerprint density at radius 3 is 2.59 bits per heavy atom. The number of amides is 2. The summed E-state index contributed by atoms with van der Waals surface area (Å²) < 4.78 is 5.74. The van der Waals surface area contributed by atoms with Gasteiger partial charge < -0.3 is 15.0 Å². The lowest BCUT2D eigenvalue weighted by atomic mass is 10.1. The van der Waals surface area contributed by atoms with Crippen LogP contribution in [0.4, 0.5) is 4.79 Å². The Hall–Kier alpha value is -0.770. The quantitative estimate of drug-likeness (QED) is 0.796. The van der Waals surface area contributed by atoms with Gasteiger partial charge in [-0.25, -0.2) is 4.79 Å². The SMILES string of the molecule is O=C(NC1CCOC1C1CC1)N1CCCCC1. The van der Waals surface area contributed by atoms with Crippen molar-refractivity contribution >= 4 is 6.03 Å². The molecule has 0 aromatic rings. The van der Waals surface area contributed by atoms with Crippen LogP contribution in [0.15, 0.2) is 0 Å². The zero-order valence-corrected chi connectivity index (χ0v) is 10.4. The lowest BCUT2D eigenvalue weighted by Gasteiger charge is -2.29. The standard InChI is InChI=1S/C13H22N2O2/c16-13(15-7-2-1-3-8-15)14-11-6-9-17-12(11)10-4-5-10/h10-12H,1-9H2,(H,14,16). The molecule has 17 heavy (non-hydrogen) atoms. The minimum atomic E-state index is 0.130. The van der Waals surface area contributed by atoms with Crippen LogP contribution in [-0.2, 0) is 4.74 Å². The van der Waals surface area contributed by atoms with E-state index in [0.29, 0.717) is 12.0 Å². The maximum Gasteiger partial charge on any atom is 0.317 e. The molecule has 4 heteroatoms. The van der Waals surface area contributed by atoms with Crippen molar-refractivity contribution in [1.29, 1.82) is 0 Å². The van der Waals surface area contributed by atoms with E-state index in [-0.39, 0.29) is 12.1 Å². The molecule has 2 aliphatic heterocycles. The van der Waals surface area contributed by atoms with Gasteiger partial charge >= 0.3 is 6.03 Å². The number of carbonyl (C=O) groups excluding carboxylic acids is 1. The molecule has 1 aliphatic carbocycles. The van der Waals surface area contributed by atoms with Crippen LogP contribution in [0.2, 0.25) is 0 Å². The first-order valence-corrected chi connectivity index (χ1v) is 7.01. The van der Waals surface area contributed by atoms with E-state index in [1.807, 2.05) is 4.90 Å². The summed E-state index contributed by atoms with van der Waals surface area (Å²) in [6.07, 6.45) is 7.41. The van der Waals surface area contributed by atoms with Crippen molar-refractivity contribution in [2.24, 2.45) is 5.92 Å². The predicted octanol–water partition coefficient (Wildman–Crippen LogP) is 1.75. The van der Waals surface area contributed by atoms with Crippen LogP contribution < -0.4 is 5.32 Å². The summed E-state index contributed by atoms with van der Waals surface area (Å²) in [4.78, 5) is 14.1. The molecular weight excluding hydrogens is 216 g/mol. The predicted molar refractivity (Wildman–Crippen MR) is 64.8 cm³/mol. The average Bonchev–Trinajstić information content (AvgIpc) is 3.11. The molecule has 2 saturated heterocycles. The van der Waals surface area contributed by atoms with E-state index in [0.717, 1.165) is 39.0 Å². The molecule has 2 atom stereocenters. The molecule has 2 heterocycles. The van der Waals surface area contributed by atoms with Crippen molar-refractivity contribution in [3.05, 3.63) is 0 Å². The molecule has 0 bridgehead atoms. The molecule has 0 aromatic heterocycles. The minimum Gasteiger partial charge on any atom is -0.376 e. The van der Waals surface area contributed by atoms with E-state index >= 15 is 0 Å². The van der Waals surface area contributed by atoms with Gasteiger partial charge in [0.25, 0.3) is 0 Å². The Labute approximate surface area is 103 Å². The van der Waals surface area contributed by atoms with Gasteiger partial charge in [0.15, 0.2) is 0 Å². The molecule has 1 saturated carbocycles. The average molecular weight is 238 g/mol. The number of piperidine rings is 1. The van der Waals surface area contributed by atoms with Gasteiger partial charge in [-0.3, -0.25) is 0 Å². The second kappa shape index (κ2) is 4.84. The van der Waals surface area contributed by atoms with Crippen LogP contribution in [-0.4, -0.2) is 42.8 Å². The van der Waals surface area contributed by atoms with Gasteiger partial charge in [0, 0.05) is 19.7 Å². The zero-order valence-electron chi connectivity index (χ0n) is 10.4. The molecule has 0 spiro atoms. The molecule has 2 unspecified atom stereocenters. The van der Waals surface area contributed by atoms with Crippen molar-refractivity contribution in [2.45, 2.75) is 50.7 Å². The number of nitrogens with zero attached hydrogens (tertiary/aromatic N) is 1. The Kier molecular flexibility index (Phi) is 3.23. The van der Waals surface area contributed by atoms with Gasteiger partial charge in [-0.1, -0.05) is 0 Å². The van der Waals surface area contributed by atoms with E-state index in [4.69, 9.17) is 4.74 Å². The molecule has 3 aliphatic rings. The van der Waals surface area contributed by atoms with Gasteiger partial charge in [0.05, 0.1) is 12.1 Å². The number of carbonyl (C=O) groups is 1. The Morgan fingerprint density at radius 2 is 1.88 bits per heavy atom. The van der Waals surface area contributed by atoms with E-state index in [2.05, 4.69) is 5.32 Å². The van der Waals surface area contributed by atoms with Gasteiger partial charge in [0.2, 0.25) is 0 Å². The van der Waals surface area contributed by atoms with Crippen LogP contribution in [0.25, 0.3) is 0 Å². The Morgan fingerprint density at radius 1 is 1.12 bits per heavy atom. The highest BCUT2D eigenvalue weighted by molar-refractivity contribution is 5.74. The Bertz CT molecular complexity index is 285. The summed E-state index contributed by atoms with van der Waals surface area (Å²) in [7, 11) is 0. The third-order valence-electron chi connectivity index (χ3n) is 4.17. The highest BCUT2D eigenvalue weighted by Crippen LogP contribution is 2.38. The first kappa shape index (κ1) is 11.3. The molecule has 0 radical (unpaired) electrons. The molecule has 3 rings (SSSR count). The summed E-state index contributed by atoms with van der Waals surface area (Å²) in [5.74, 6) is 0.712. The molecular formula is C13H22N2O2. The van der Waals surface area contributed by atoms with Crippen molar-refractivity contribution in [2.75, 3.05) is 19.7 Å². The summed E-state index contributed by atoms with van der Waals surface area (Å²) in [6, 6.07) is 0.391. The number of ether oxygens (including phenoxy) is 1. The molecule has 2 amide bonds. The number of hydrogen-bond donors (Lipinski definition) is 1. The summed E-state index contributed by atoms with van der Waals surface area (Å²) >= 11 is 0. The number of urea groups is 1. The lowest BCUT2D eigenvalue weighted by Crippen LogP contribution is -2.49. The number of rotatable bonds is 2. The van der Waals surface area contributed by atoms with E-state index in [1.165, 1.54) is 19.3 Å². The first-order valence-electron chi connectivity index (χ1n) is 7.01. The van der Waals surface area contributed by atoms with Gasteiger partial charge in [-0.2, -0.15) is 0 Å². The topological polar surface area (TPSA) is 41.6 Å². The third-order valence-corrected chi connectivity index (χ3v) is 4.17. The second-order valence-electron chi connectivity index (χ2n) is 5.57. The van der Waals surface area contributed by atoms with Gasteiger partial charge in [-0.15, -0.1) is 0 Å². The second-order valence-corrected chi connectivity index (χ2v) is 5.57. The van der Waals surface area contributed by atoms with Crippen molar-refractivity contribution in [1.82, 2.24) is 10.2 Å². The summed E-state index contributed by atoms with van der Waals surface area (Å²) in [6.45, 7) is 2.66. The fourth-order valence-electron chi connectivity index (χ4n) is 3.00. The lowest BCUT2D eigenvalue weighted by molar-refractivity contribution is 0.0806. The smallest absolute Gasteiger partial charge is 0.317 e. The van der Waals surface area contributed by atoms with Crippen LogP contribution in [0.5, 0.6) is 0 Å². The molecule has 4 nitrogen and oxygen atoms in total. The minimum absolute atomic E-state index is 0.130. The fraction of sp³-hybridized carbons (Fsp3) is 0.923. The van der Waals surface area contributed by atoms with Crippen LogP contribution in [0.3, 0.4) is 0 Å². The molecule has 3 fully saturated rings. The van der Waals surface area contributed by atoms with Crippen LogP contribution in [0.1, 0.15) is 38.5 Å². The van der Waals surface area contributed by atoms with Crippen LogP contribution >= 0.6 is 0 Å². The molecule has 96 valence electrons. The normalized spacial score (nSPS) is 33.8. The van der Waals surface area contributed by atoms with Gasteiger partial charge in [0.1, 0.15) is 0 Å². The zero-order chi connectivity index (χ0) is 11.7. The van der Waals surface area contributed by atoms with Crippen LogP contribution in [0, 0.1) is 5.92 Å². The van der Waals surface area contributed by atoms with E-state index in [1.54, 1.807) is 0 Å². The number of nitrogens with one attached hydrogen (secondary N) is 1. The number of hydrogen-bond acceptors (Lipinski definition) is 2. The Balaban J connectivity index is 1.52. The largest absolute Gasteiger partial charge is 0.376 e. The van der Waals surface area contributed by atoms with E-state index < -0.39 is 0 Å². The highest BCUT2D eigenvalue weighted by atomic mass is 16.5. The van der Waals surface area contributed by atoms with Crippen molar-refractivity contribution in [3.63, 3.8) is 0 Å². The number of likely N-dealkylation sites (tertiary alicyclic amines) is 1. The maximum atomic E-state index is 12.1. The van der Waals surface area contributed by atoms with Crippen molar-refractivity contribution in [3.8, 4) is 0 Å². The third kappa shape index (κ3) is 2.57. The fourth-order valence-corrected chi connectivity index (χ4v) is 3.00. The first-order chi connectivity index (χ1) is 8.34. The van der Waals surface area contributed by atoms with Gasteiger partial charge in [-0.05, 0) is 44.4 Å².